The molecule has 0 N–H and O–H groups in total. The number of hydrogen-bond acceptors (Lipinski definition) is 7. The summed E-state index contributed by atoms with van der Waals surface area (Å²) in [6.07, 6.45) is -0.841. The lowest BCUT2D eigenvalue weighted by Gasteiger charge is -2.24. The molecule has 0 aliphatic rings. The molecule has 7 heteroatoms. The highest BCUT2D eigenvalue weighted by Crippen LogP contribution is 2.30. The third-order valence-electron chi connectivity index (χ3n) is 2.64. The molecular formula is C14H21NO6. The Morgan fingerprint density at radius 3 is 2.00 bits per heavy atom. The van der Waals surface area contributed by atoms with Gasteiger partial charge in [-0.05, 0) is 27.2 Å². The molecule has 0 rings (SSSR count). The molecular weight excluding hydrogens is 278 g/mol. The first-order valence-electron chi connectivity index (χ1n) is 6.38. The minimum Gasteiger partial charge on any atom is -0.469 e. The van der Waals surface area contributed by atoms with Gasteiger partial charge in [0.05, 0.1) is 26.7 Å². The van der Waals surface area contributed by atoms with Crippen LogP contribution in [0.15, 0.2) is 0 Å². The van der Waals surface area contributed by atoms with Gasteiger partial charge in [-0.2, -0.15) is 5.26 Å². The van der Waals surface area contributed by atoms with E-state index in [-0.39, 0.29) is 12.8 Å². The Kier molecular flexibility index (Phi) is 6.86. The number of nitrogens with zero attached hydrogens (tertiary/aromatic N) is 1. The maximum absolute atomic E-state index is 11.8. The summed E-state index contributed by atoms with van der Waals surface area (Å²) in [6, 6.07) is 1.77. The van der Waals surface area contributed by atoms with Crippen LogP contribution in [0, 0.1) is 16.7 Å². The molecule has 0 aromatic heterocycles. The van der Waals surface area contributed by atoms with Gasteiger partial charge in [0.25, 0.3) is 0 Å². The highest BCUT2D eigenvalue weighted by molar-refractivity contribution is 5.86. The van der Waals surface area contributed by atoms with E-state index in [1.807, 2.05) is 0 Å². The van der Waals surface area contributed by atoms with E-state index >= 15 is 0 Å². The topological polar surface area (TPSA) is 103 Å². The van der Waals surface area contributed by atoms with Crippen LogP contribution in [0.3, 0.4) is 0 Å². The molecule has 0 fully saturated rings. The Balaban J connectivity index is 5.00. The first-order chi connectivity index (χ1) is 9.60. The average Bonchev–Trinajstić information content (AvgIpc) is 2.40. The van der Waals surface area contributed by atoms with Crippen LogP contribution >= 0.6 is 0 Å². The summed E-state index contributed by atoms with van der Waals surface area (Å²) in [6.45, 7) is 5.12. The molecule has 0 aromatic rings. The summed E-state index contributed by atoms with van der Waals surface area (Å²) in [5, 5.41) is 9.26. The number of nitriles is 1. The Morgan fingerprint density at radius 1 is 1.05 bits per heavy atom. The molecule has 0 amide bonds. The van der Waals surface area contributed by atoms with Gasteiger partial charge < -0.3 is 14.2 Å². The van der Waals surface area contributed by atoms with Crippen LogP contribution in [0.25, 0.3) is 0 Å². The van der Waals surface area contributed by atoms with Crippen LogP contribution in [0.5, 0.6) is 0 Å². The van der Waals surface area contributed by atoms with Gasteiger partial charge in [-0.15, -0.1) is 0 Å². The summed E-state index contributed by atoms with van der Waals surface area (Å²) in [4.78, 5) is 34.9. The first kappa shape index (κ1) is 18.9. The summed E-state index contributed by atoms with van der Waals surface area (Å²) >= 11 is 0. The Morgan fingerprint density at radius 2 is 1.62 bits per heavy atom. The highest BCUT2D eigenvalue weighted by atomic mass is 16.6. The molecule has 0 saturated carbocycles. The van der Waals surface area contributed by atoms with Gasteiger partial charge in [0, 0.05) is 6.42 Å². The van der Waals surface area contributed by atoms with Crippen LogP contribution in [0.2, 0.25) is 0 Å². The number of carbonyl (C=O) groups excluding carboxylic acids is 3. The van der Waals surface area contributed by atoms with Crippen molar-refractivity contribution in [1.29, 1.82) is 5.26 Å². The minimum atomic E-state index is -1.75. The summed E-state index contributed by atoms with van der Waals surface area (Å²) in [5.41, 5.74) is -2.42. The second kappa shape index (κ2) is 7.62. The van der Waals surface area contributed by atoms with Crippen LogP contribution < -0.4 is 0 Å². The number of esters is 3. The minimum absolute atomic E-state index is 0.180. The molecule has 21 heavy (non-hydrogen) atoms. The molecule has 0 radical (unpaired) electrons. The number of hydrogen-bond donors (Lipinski definition) is 0. The Bertz CT molecular complexity index is 445. The van der Waals surface area contributed by atoms with Crippen molar-refractivity contribution in [2.45, 2.75) is 45.6 Å². The van der Waals surface area contributed by atoms with E-state index < -0.39 is 35.3 Å². The van der Waals surface area contributed by atoms with Crippen molar-refractivity contribution in [2.75, 3.05) is 14.2 Å². The van der Waals surface area contributed by atoms with Gasteiger partial charge in [-0.1, -0.05) is 0 Å². The van der Waals surface area contributed by atoms with Gasteiger partial charge in [0.2, 0.25) is 0 Å². The second-order valence-corrected chi connectivity index (χ2v) is 5.52. The zero-order chi connectivity index (χ0) is 16.7. The van der Waals surface area contributed by atoms with Crippen molar-refractivity contribution in [2.24, 2.45) is 5.41 Å². The maximum atomic E-state index is 11.8. The fourth-order valence-corrected chi connectivity index (χ4v) is 1.63. The molecule has 1 unspecified atom stereocenters. The van der Waals surface area contributed by atoms with Crippen molar-refractivity contribution in [3.05, 3.63) is 0 Å². The molecule has 0 spiro atoms. The first-order valence-corrected chi connectivity index (χ1v) is 6.38. The van der Waals surface area contributed by atoms with Crippen molar-refractivity contribution in [3.8, 4) is 6.07 Å². The molecule has 0 heterocycles. The number of methoxy groups -OCH3 is 2. The van der Waals surface area contributed by atoms with Gasteiger partial charge in [-0.3, -0.25) is 14.4 Å². The van der Waals surface area contributed by atoms with Gasteiger partial charge in [0.15, 0.2) is 5.41 Å². The largest absolute Gasteiger partial charge is 0.469 e. The summed E-state index contributed by atoms with van der Waals surface area (Å²) < 4.78 is 14.1. The lowest BCUT2D eigenvalue weighted by atomic mass is 9.81. The van der Waals surface area contributed by atoms with Crippen LogP contribution in [-0.4, -0.2) is 37.7 Å². The normalized spacial score (nSPS) is 13.5. The predicted octanol–water partition coefficient (Wildman–Crippen LogP) is 1.35. The van der Waals surface area contributed by atoms with Gasteiger partial charge in [0.1, 0.15) is 5.60 Å². The van der Waals surface area contributed by atoms with Gasteiger partial charge >= 0.3 is 17.9 Å². The van der Waals surface area contributed by atoms with E-state index in [4.69, 9.17) is 4.74 Å². The fourth-order valence-electron chi connectivity index (χ4n) is 1.63. The standard InChI is InChI=1S/C14H21NO6/c1-13(2,3)21-10(16)6-7-14(9-15,12(18)20-5)8-11(17)19-4/h6-8H2,1-5H3. The Hall–Kier alpha value is -2.10. The van der Waals surface area contributed by atoms with E-state index in [0.717, 1.165) is 14.2 Å². The summed E-state index contributed by atoms with van der Waals surface area (Å²) in [5.74, 6) is -2.17. The highest BCUT2D eigenvalue weighted by Gasteiger charge is 2.43. The number of carbonyl (C=O) groups is 3. The van der Waals surface area contributed by atoms with E-state index in [9.17, 15) is 19.6 Å². The number of rotatable bonds is 6. The average molecular weight is 299 g/mol. The molecule has 0 aliphatic heterocycles. The van der Waals surface area contributed by atoms with Crippen molar-refractivity contribution in [1.82, 2.24) is 0 Å². The molecule has 0 aromatic carbocycles. The summed E-state index contributed by atoms with van der Waals surface area (Å²) in [7, 11) is 2.26. The maximum Gasteiger partial charge on any atom is 0.326 e. The molecule has 0 aliphatic carbocycles. The fraction of sp³-hybridized carbons (Fsp3) is 0.714. The van der Waals surface area contributed by atoms with Crippen molar-refractivity contribution < 1.29 is 28.6 Å². The molecule has 0 saturated heterocycles. The SMILES string of the molecule is COC(=O)CC(C#N)(CCC(=O)OC(C)(C)C)C(=O)OC. The third kappa shape index (κ3) is 6.25. The Labute approximate surface area is 124 Å². The molecule has 7 nitrogen and oxygen atoms in total. The third-order valence-corrected chi connectivity index (χ3v) is 2.64. The smallest absolute Gasteiger partial charge is 0.326 e. The lowest BCUT2D eigenvalue weighted by Crippen LogP contribution is -2.35. The monoisotopic (exact) mass is 299 g/mol. The van der Waals surface area contributed by atoms with Crippen LogP contribution in [0.1, 0.15) is 40.0 Å². The predicted molar refractivity (Wildman–Crippen MR) is 71.8 cm³/mol. The second-order valence-electron chi connectivity index (χ2n) is 5.52. The van der Waals surface area contributed by atoms with Crippen LogP contribution in [-0.2, 0) is 28.6 Å². The van der Waals surface area contributed by atoms with E-state index in [1.54, 1.807) is 26.8 Å². The molecule has 0 bridgehead atoms. The quantitative estimate of drug-likeness (QED) is 0.538. The van der Waals surface area contributed by atoms with E-state index in [2.05, 4.69) is 9.47 Å². The number of ether oxygens (including phenoxy) is 3. The van der Waals surface area contributed by atoms with E-state index in [0.29, 0.717) is 0 Å². The van der Waals surface area contributed by atoms with E-state index in [1.165, 1.54) is 0 Å². The van der Waals surface area contributed by atoms with Gasteiger partial charge in [-0.25, -0.2) is 0 Å². The van der Waals surface area contributed by atoms with Crippen LogP contribution in [0.4, 0.5) is 0 Å². The zero-order valence-corrected chi connectivity index (χ0v) is 13.0. The van der Waals surface area contributed by atoms with Crippen molar-refractivity contribution >= 4 is 17.9 Å². The molecule has 118 valence electrons. The van der Waals surface area contributed by atoms with Crippen molar-refractivity contribution in [3.63, 3.8) is 0 Å². The molecule has 1 atom stereocenters. The lowest BCUT2D eigenvalue weighted by molar-refractivity contribution is -0.160. The zero-order valence-electron chi connectivity index (χ0n) is 13.0.